The average molecular weight is 362 g/mol. The number of ketones is 1. The lowest BCUT2D eigenvalue weighted by Crippen LogP contribution is -2.30. The highest BCUT2D eigenvalue weighted by Crippen LogP contribution is 2.32. The first kappa shape index (κ1) is 22.4. The molecule has 0 amide bonds. The molecule has 0 aromatic carbocycles. The van der Waals surface area contributed by atoms with Crippen molar-refractivity contribution in [3.05, 3.63) is 12.2 Å². The van der Waals surface area contributed by atoms with Crippen molar-refractivity contribution in [1.82, 2.24) is 0 Å². The number of allylic oxidation sites excluding steroid dienone is 1. The van der Waals surface area contributed by atoms with Gasteiger partial charge in [0.25, 0.3) is 0 Å². The Bertz CT molecular complexity index is 520. The summed E-state index contributed by atoms with van der Waals surface area (Å²) in [4.78, 5) is 23.9. The van der Waals surface area contributed by atoms with Crippen LogP contribution in [0.25, 0.3) is 0 Å². The molecular weight excluding hydrogens is 326 g/mol. The zero-order valence-electron chi connectivity index (χ0n) is 16.8. The summed E-state index contributed by atoms with van der Waals surface area (Å²) in [6.07, 6.45) is 13.3. The van der Waals surface area contributed by atoms with Crippen LogP contribution in [0.2, 0.25) is 0 Å². The number of hydrogen-bond acceptors (Lipinski definition) is 4. The van der Waals surface area contributed by atoms with Crippen molar-refractivity contribution in [1.29, 1.82) is 5.26 Å². The predicted octanol–water partition coefficient (Wildman–Crippen LogP) is 5.51. The summed E-state index contributed by atoms with van der Waals surface area (Å²) in [5, 5.41) is 9.22. The summed E-state index contributed by atoms with van der Waals surface area (Å²) >= 11 is 0. The van der Waals surface area contributed by atoms with Gasteiger partial charge >= 0.3 is 5.97 Å². The van der Waals surface area contributed by atoms with E-state index in [1.165, 1.54) is 0 Å². The highest BCUT2D eigenvalue weighted by atomic mass is 16.6. The molecule has 26 heavy (non-hydrogen) atoms. The molecule has 1 saturated carbocycles. The summed E-state index contributed by atoms with van der Waals surface area (Å²) in [6, 6.07) is 2.23. The fourth-order valence-corrected chi connectivity index (χ4v) is 3.46. The lowest BCUT2D eigenvalue weighted by Gasteiger charge is -2.27. The summed E-state index contributed by atoms with van der Waals surface area (Å²) in [6.45, 7) is 6.24. The second-order valence-electron chi connectivity index (χ2n) is 7.76. The fraction of sp³-hybridized carbons (Fsp3) is 0.773. The topological polar surface area (TPSA) is 67.2 Å². The van der Waals surface area contributed by atoms with E-state index in [1.54, 1.807) is 0 Å². The molecule has 0 N–H and O–H groups in total. The van der Waals surface area contributed by atoms with Gasteiger partial charge < -0.3 is 4.74 Å². The largest absolute Gasteiger partial charge is 0.455 e. The Balaban J connectivity index is 2.69. The Kier molecular flexibility index (Phi) is 10.2. The second-order valence-corrected chi connectivity index (χ2v) is 7.76. The number of hydrogen-bond donors (Lipinski definition) is 0. The summed E-state index contributed by atoms with van der Waals surface area (Å²) in [7, 11) is 0. The van der Waals surface area contributed by atoms with Crippen molar-refractivity contribution in [2.45, 2.75) is 97.0 Å². The molecule has 1 aliphatic rings. The third kappa shape index (κ3) is 8.17. The standard InChI is InChI=1S/C22H35NO3/c1-4-6-8-9-11-21(25)26-22(3,13-10-7-5-2)14-12-18-15-20(24)16-19(18)17-23/h12,14,18-19H,4-11,13,15-16H2,1-3H3/t18?,19?,22-/m0/s1. The Morgan fingerprint density at radius 2 is 1.88 bits per heavy atom. The highest BCUT2D eigenvalue weighted by Gasteiger charge is 2.33. The number of nitriles is 1. The van der Waals surface area contributed by atoms with Gasteiger partial charge in [0.1, 0.15) is 11.4 Å². The van der Waals surface area contributed by atoms with Crippen LogP contribution in [0.15, 0.2) is 12.2 Å². The van der Waals surface area contributed by atoms with Crippen LogP contribution in [-0.2, 0) is 14.3 Å². The van der Waals surface area contributed by atoms with Gasteiger partial charge in [0.15, 0.2) is 0 Å². The molecule has 146 valence electrons. The molecule has 0 aromatic heterocycles. The van der Waals surface area contributed by atoms with Crippen LogP contribution in [0, 0.1) is 23.2 Å². The molecule has 2 unspecified atom stereocenters. The summed E-state index contributed by atoms with van der Waals surface area (Å²) < 4.78 is 5.83. The van der Waals surface area contributed by atoms with E-state index >= 15 is 0 Å². The number of esters is 1. The van der Waals surface area contributed by atoms with Crippen molar-refractivity contribution in [3.8, 4) is 6.07 Å². The highest BCUT2D eigenvalue weighted by molar-refractivity contribution is 5.82. The number of rotatable bonds is 12. The number of nitrogens with zero attached hydrogens (tertiary/aromatic N) is 1. The first-order valence-electron chi connectivity index (χ1n) is 10.3. The molecule has 4 heteroatoms. The van der Waals surface area contributed by atoms with E-state index in [9.17, 15) is 14.9 Å². The minimum atomic E-state index is -0.650. The van der Waals surface area contributed by atoms with Gasteiger partial charge in [0.2, 0.25) is 0 Å². The van der Waals surface area contributed by atoms with Crippen LogP contribution >= 0.6 is 0 Å². The smallest absolute Gasteiger partial charge is 0.306 e. The van der Waals surface area contributed by atoms with Gasteiger partial charge in [-0.25, -0.2) is 0 Å². The van der Waals surface area contributed by atoms with Crippen molar-refractivity contribution in [2.24, 2.45) is 11.8 Å². The van der Waals surface area contributed by atoms with Gasteiger partial charge in [-0.1, -0.05) is 52.0 Å². The summed E-state index contributed by atoms with van der Waals surface area (Å²) in [5.74, 6) is -0.305. The van der Waals surface area contributed by atoms with E-state index in [2.05, 4.69) is 19.9 Å². The van der Waals surface area contributed by atoms with Crippen LogP contribution in [0.5, 0.6) is 0 Å². The zero-order valence-corrected chi connectivity index (χ0v) is 16.8. The predicted molar refractivity (Wildman–Crippen MR) is 103 cm³/mol. The number of unbranched alkanes of at least 4 members (excludes halogenated alkanes) is 5. The molecule has 1 fully saturated rings. The van der Waals surface area contributed by atoms with Crippen LogP contribution < -0.4 is 0 Å². The van der Waals surface area contributed by atoms with Crippen LogP contribution in [0.4, 0.5) is 0 Å². The van der Waals surface area contributed by atoms with Gasteiger partial charge in [-0.3, -0.25) is 9.59 Å². The molecule has 1 aliphatic carbocycles. The van der Waals surface area contributed by atoms with Crippen molar-refractivity contribution >= 4 is 11.8 Å². The Labute approximate surface area is 159 Å². The monoisotopic (exact) mass is 361 g/mol. The van der Waals surface area contributed by atoms with Gasteiger partial charge in [-0.05, 0) is 32.3 Å². The fourth-order valence-electron chi connectivity index (χ4n) is 3.46. The zero-order chi connectivity index (χ0) is 19.4. The SMILES string of the molecule is CCCCCCC(=O)O[C@](C)(C=CC1CC(=O)CC1C#N)CCCCC. The second kappa shape index (κ2) is 11.9. The maximum atomic E-state index is 12.3. The third-order valence-corrected chi connectivity index (χ3v) is 5.15. The minimum absolute atomic E-state index is 0.0544. The number of Topliss-reactive ketones (excluding diaryl/α,β-unsaturated/α-hetero) is 1. The molecule has 4 nitrogen and oxygen atoms in total. The molecule has 0 spiro atoms. The lowest BCUT2D eigenvalue weighted by atomic mass is 9.92. The number of carbonyl (C=O) groups is 2. The average Bonchev–Trinajstić information content (AvgIpc) is 2.97. The van der Waals surface area contributed by atoms with Gasteiger partial charge in [0, 0.05) is 25.2 Å². The van der Waals surface area contributed by atoms with Crippen LogP contribution in [0.3, 0.4) is 0 Å². The Morgan fingerprint density at radius 3 is 2.54 bits per heavy atom. The minimum Gasteiger partial charge on any atom is -0.455 e. The Morgan fingerprint density at radius 1 is 1.19 bits per heavy atom. The van der Waals surface area contributed by atoms with E-state index in [0.717, 1.165) is 51.4 Å². The molecule has 0 saturated heterocycles. The van der Waals surface area contributed by atoms with Gasteiger partial charge in [0.05, 0.1) is 12.0 Å². The van der Waals surface area contributed by atoms with E-state index in [4.69, 9.17) is 4.74 Å². The molecule has 0 bridgehead atoms. The maximum Gasteiger partial charge on any atom is 0.306 e. The number of ether oxygens (including phenoxy) is 1. The van der Waals surface area contributed by atoms with Crippen molar-refractivity contribution in [3.63, 3.8) is 0 Å². The van der Waals surface area contributed by atoms with E-state index in [1.807, 2.05) is 19.1 Å². The molecule has 3 atom stereocenters. The van der Waals surface area contributed by atoms with Crippen molar-refractivity contribution in [2.75, 3.05) is 0 Å². The van der Waals surface area contributed by atoms with E-state index in [-0.39, 0.29) is 23.6 Å². The summed E-state index contributed by atoms with van der Waals surface area (Å²) in [5.41, 5.74) is -0.650. The van der Waals surface area contributed by atoms with Crippen LogP contribution in [0.1, 0.15) is 91.4 Å². The van der Waals surface area contributed by atoms with Gasteiger partial charge in [-0.15, -0.1) is 0 Å². The van der Waals surface area contributed by atoms with Crippen molar-refractivity contribution < 1.29 is 14.3 Å². The molecule has 0 aliphatic heterocycles. The molecule has 1 rings (SSSR count). The first-order chi connectivity index (χ1) is 12.4. The van der Waals surface area contributed by atoms with E-state index < -0.39 is 5.60 Å². The first-order valence-corrected chi connectivity index (χ1v) is 10.3. The maximum absolute atomic E-state index is 12.3. The molecule has 0 heterocycles. The van der Waals surface area contributed by atoms with Crippen LogP contribution in [-0.4, -0.2) is 17.4 Å². The van der Waals surface area contributed by atoms with Gasteiger partial charge in [-0.2, -0.15) is 5.26 Å². The van der Waals surface area contributed by atoms with E-state index in [0.29, 0.717) is 19.3 Å². The normalized spacial score (nSPS) is 22.3. The molecule has 0 radical (unpaired) electrons. The lowest BCUT2D eigenvalue weighted by molar-refractivity contribution is -0.154. The number of carbonyl (C=O) groups excluding carboxylic acids is 2. The molecule has 0 aromatic rings. The third-order valence-electron chi connectivity index (χ3n) is 5.15. The molecular formula is C22H35NO3. The Hall–Kier alpha value is -1.63. The quantitative estimate of drug-likeness (QED) is 0.261.